The maximum absolute atomic E-state index is 4.34. The topological polar surface area (TPSA) is 41.9 Å². The molecule has 1 aliphatic rings. The normalized spacial score (nSPS) is 19.4. The zero-order valence-corrected chi connectivity index (χ0v) is 13.1. The highest BCUT2D eigenvalue weighted by molar-refractivity contribution is 7.12. The molecule has 0 unspecified atom stereocenters. The Morgan fingerprint density at radius 2 is 2.40 bits per heavy atom. The number of aryl methyl sites for hydroxylation is 2. The van der Waals surface area contributed by atoms with Crippen molar-refractivity contribution in [1.82, 2.24) is 15.1 Å². The molecule has 5 heteroatoms. The number of hydrogen-bond acceptors (Lipinski definition) is 4. The van der Waals surface area contributed by atoms with E-state index in [1.807, 2.05) is 23.6 Å². The van der Waals surface area contributed by atoms with Gasteiger partial charge >= 0.3 is 0 Å². The van der Waals surface area contributed by atoms with Gasteiger partial charge in [-0.15, -0.1) is 11.3 Å². The maximum Gasteiger partial charge on any atom is 0.124 e. The van der Waals surface area contributed by atoms with Crippen LogP contribution in [0.15, 0.2) is 18.3 Å². The molecule has 0 amide bonds. The van der Waals surface area contributed by atoms with E-state index in [9.17, 15) is 0 Å². The van der Waals surface area contributed by atoms with Gasteiger partial charge in [-0.05, 0) is 32.4 Å². The van der Waals surface area contributed by atoms with Crippen LogP contribution in [0.5, 0.6) is 0 Å². The summed E-state index contributed by atoms with van der Waals surface area (Å²) in [5, 5.41) is 11.4. The van der Waals surface area contributed by atoms with Crippen LogP contribution in [0.25, 0.3) is 0 Å². The molecule has 2 N–H and O–H groups in total. The average molecular weight is 290 g/mol. The fourth-order valence-electron chi connectivity index (χ4n) is 2.86. The van der Waals surface area contributed by atoms with Gasteiger partial charge in [0.15, 0.2) is 0 Å². The van der Waals surface area contributed by atoms with Crippen LogP contribution in [0, 0.1) is 19.8 Å². The van der Waals surface area contributed by atoms with E-state index in [2.05, 4.69) is 47.3 Å². The zero-order chi connectivity index (χ0) is 14.1. The Labute approximate surface area is 124 Å². The molecule has 1 aliphatic heterocycles. The summed E-state index contributed by atoms with van der Waals surface area (Å²) in [5.74, 6) is 1.73. The van der Waals surface area contributed by atoms with Gasteiger partial charge in [-0.3, -0.25) is 0 Å². The average Bonchev–Trinajstić information content (AvgIpc) is 3.01. The Morgan fingerprint density at radius 3 is 3.15 bits per heavy atom. The molecule has 0 bridgehead atoms. The van der Waals surface area contributed by atoms with Gasteiger partial charge in [-0.25, -0.2) is 4.68 Å². The smallest absolute Gasteiger partial charge is 0.124 e. The van der Waals surface area contributed by atoms with Crippen LogP contribution < -0.4 is 10.6 Å². The number of fused-ring (bicyclic) bond motifs is 1. The molecule has 0 saturated heterocycles. The molecule has 20 heavy (non-hydrogen) atoms. The number of nitrogens with one attached hydrogen (secondary N) is 2. The van der Waals surface area contributed by atoms with Gasteiger partial charge in [0.1, 0.15) is 5.82 Å². The number of anilines is 1. The summed E-state index contributed by atoms with van der Waals surface area (Å²) in [6.45, 7) is 9.68. The third kappa shape index (κ3) is 2.74. The van der Waals surface area contributed by atoms with E-state index >= 15 is 0 Å². The lowest BCUT2D eigenvalue weighted by Gasteiger charge is -2.26. The molecule has 0 spiro atoms. The minimum atomic E-state index is 0.416. The molecule has 2 aromatic heterocycles. The second kappa shape index (κ2) is 5.58. The van der Waals surface area contributed by atoms with E-state index in [0.717, 1.165) is 25.5 Å². The van der Waals surface area contributed by atoms with Crippen molar-refractivity contribution in [2.45, 2.75) is 33.4 Å². The predicted molar refractivity (Wildman–Crippen MR) is 84.4 cm³/mol. The summed E-state index contributed by atoms with van der Waals surface area (Å²) in [4.78, 5) is 2.82. The Bertz CT molecular complexity index is 586. The largest absolute Gasteiger partial charge is 0.370 e. The van der Waals surface area contributed by atoms with Gasteiger partial charge in [0.2, 0.25) is 0 Å². The molecule has 0 aromatic carbocycles. The highest BCUT2D eigenvalue weighted by Crippen LogP contribution is 2.26. The van der Waals surface area contributed by atoms with Crippen molar-refractivity contribution in [3.63, 3.8) is 0 Å². The standard InChI is InChI=1S/C15H22N4S/c1-10-6-14(12(3)20-10)11(2)16-7-13-8-17-15-4-5-18-19(15)9-13/h4-6,11,13,16-17H,7-9H2,1-3H3/t11-,13+/m1/s1. The van der Waals surface area contributed by atoms with Crippen molar-refractivity contribution in [3.8, 4) is 0 Å². The fourth-order valence-corrected chi connectivity index (χ4v) is 3.88. The molecule has 108 valence electrons. The molecule has 3 rings (SSSR count). The summed E-state index contributed by atoms with van der Waals surface area (Å²) < 4.78 is 2.06. The molecule has 2 aromatic rings. The van der Waals surface area contributed by atoms with Crippen molar-refractivity contribution in [3.05, 3.63) is 33.6 Å². The van der Waals surface area contributed by atoms with E-state index in [4.69, 9.17) is 0 Å². The summed E-state index contributed by atoms with van der Waals surface area (Å²) in [6.07, 6.45) is 1.86. The number of rotatable bonds is 4. The second-order valence-electron chi connectivity index (χ2n) is 5.64. The third-order valence-electron chi connectivity index (χ3n) is 3.98. The Kier molecular flexibility index (Phi) is 3.81. The molecule has 0 fully saturated rings. The second-order valence-corrected chi connectivity index (χ2v) is 7.10. The van der Waals surface area contributed by atoms with E-state index in [-0.39, 0.29) is 0 Å². The lowest BCUT2D eigenvalue weighted by molar-refractivity contribution is 0.376. The summed E-state index contributed by atoms with van der Waals surface area (Å²) >= 11 is 1.88. The molecular weight excluding hydrogens is 268 g/mol. The van der Waals surface area contributed by atoms with E-state index in [1.54, 1.807) is 0 Å². The highest BCUT2D eigenvalue weighted by Gasteiger charge is 2.19. The molecule has 0 saturated carbocycles. The lowest BCUT2D eigenvalue weighted by Crippen LogP contribution is -2.36. The predicted octanol–water partition coefficient (Wildman–Crippen LogP) is 2.95. The van der Waals surface area contributed by atoms with Gasteiger partial charge in [0.05, 0.1) is 6.20 Å². The first-order valence-corrected chi connectivity index (χ1v) is 8.01. The van der Waals surface area contributed by atoms with Crippen LogP contribution in [0.3, 0.4) is 0 Å². The van der Waals surface area contributed by atoms with Crippen molar-refractivity contribution in [2.24, 2.45) is 5.92 Å². The summed E-state index contributed by atoms with van der Waals surface area (Å²) in [5.41, 5.74) is 1.44. The molecule has 4 nitrogen and oxygen atoms in total. The first kappa shape index (κ1) is 13.6. The van der Waals surface area contributed by atoms with Crippen LogP contribution in [-0.4, -0.2) is 22.9 Å². The fraction of sp³-hybridized carbons (Fsp3) is 0.533. The minimum absolute atomic E-state index is 0.416. The van der Waals surface area contributed by atoms with Crippen molar-refractivity contribution >= 4 is 17.2 Å². The van der Waals surface area contributed by atoms with Gasteiger partial charge in [-0.2, -0.15) is 5.10 Å². The quantitative estimate of drug-likeness (QED) is 0.909. The Hall–Kier alpha value is -1.33. The van der Waals surface area contributed by atoms with Gasteiger partial charge in [0, 0.05) is 47.4 Å². The summed E-state index contributed by atoms with van der Waals surface area (Å²) in [7, 11) is 0. The molecule has 0 aliphatic carbocycles. The maximum atomic E-state index is 4.34. The van der Waals surface area contributed by atoms with Crippen molar-refractivity contribution < 1.29 is 0 Å². The lowest BCUT2D eigenvalue weighted by atomic mass is 10.1. The van der Waals surface area contributed by atoms with Gasteiger partial charge < -0.3 is 10.6 Å². The van der Waals surface area contributed by atoms with Crippen molar-refractivity contribution in [1.29, 1.82) is 0 Å². The summed E-state index contributed by atoms with van der Waals surface area (Å²) in [6, 6.07) is 4.76. The Morgan fingerprint density at radius 1 is 1.55 bits per heavy atom. The van der Waals surface area contributed by atoms with E-state index < -0.39 is 0 Å². The minimum Gasteiger partial charge on any atom is -0.370 e. The van der Waals surface area contributed by atoms with Crippen LogP contribution in [-0.2, 0) is 6.54 Å². The molecule has 0 radical (unpaired) electrons. The first-order chi connectivity index (χ1) is 9.63. The molecular formula is C15H22N4S. The number of hydrogen-bond donors (Lipinski definition) is 2. The molecule has 3 heterocycles. The number of nitrogens with zero attached hydrogens (tertiary/aromatic N) is 2. The zero-order valence-electron chi connectivity index (χ0n) is 12.3. The third-order valence-corrected chi connectivity index (χ3v) is 4.96. The Balaban J connectivity index is 1.56. The molecule has 2 atom stereocenters. The SMILES string of the molecule is Cc1cc([C@@H](C)NC[C@H]2CNc3ccnn3C2)c(C)s1. The first-order valence-electron chi connectivity index (χ1n) is 7.19. The van der Waals surface area contributed by atoms with Crippen LogP contribution in [0.1, 0.15) is 28.3 Å². The van der Waals surface area contributed by atoms with E-state index in [0.29, 0.717) is 12.0 Å². The van der Waals surface area contributed by atoms with Crippen LogP contribution in [0.2, 0.25) is 0 Å². The van der Waals surface area contributed by atoms with Crippen LogP contribution >= 0.6 is 11.3 Å². The van der Waals surface area contributed by atoms with Crippen molar-refractivity contribution in [2.75, 3.05) is 18.4 Å². The monoisotopic (exact) mass is 290 g/mol. The number of aromatic nitrogens is 2. The highest BCUT2D eigenvalue weighted by atomic mass is 32.1. The van der Waals surface area contributed by atoms with Gasteiger partial charge in [0.25, 0.3) is 0 Å². The van der Waals surface area contributed by atoms with E-state index in [1.165, 1.54) is 15.3 Å². The van der Waals surface area contributed by atoms with Gasteiger partial charge in [-0.1, -0.05) is 0 Å². The van der Waals surface area contributed by atoms with Crippen LogP contribution in [0.4, 0.5) is 5.82 Å². The number of thiophene rings is 1.